The Morgan fingerprint density at radius 1 is 1.15 bits per heavy atom. The summed E-state index contributed by atoms with van der Waals surface area (Å²) in [5.74, 6) is -0.335. The van der Waals surface area contributed by atoms with Crippen LogP contribution >= 0.6 is 0 Å². The zero-order valence-electron chi connectivity index (χ0n) is 7.17. The monoisotopic (exact) mass is 181 g/mol. The topological polar surface area (TPSA) is 61.4 Å². The maximum Gasteiger partial charge on any atom is 0.267 e. The molecule has 2 aliphatic heterocycles. The third-order valence-electron chi connectivity index (χ3n) is 2.19. The van der Waals surface area contributed by atoms with Gasteiger partial charge in [-0.05, 0) is 0 Å². The Labute approximate surface area is 75.8 Å². The van der Waals surface area contributed by atoms with Gasteiger partial charge in [0.2, 0.25) is 5.91 Å². The molecule has 0 unspecified atom stereocenters. The van der Waals surface area contributed by atoms with Crippen LogP contribution in [0.25, 0.3) is 0 Å². The molecule has 5 heteroatoms. The van der Waals surface area contributed by atoms with E-state index < -0.39 is 0 Å². The second-order valence-corrected chi connectivity index (χ2v) is 3.06. The van der Waals surface area contributed by atoms with E-state index in [0.29, 0.717) is 25.3 Å². The molecule has 0 aromatic rings. The van der Waals surface area contributed by atoms with Crippen molar-refractivity contribution < 1.29 is 9.59 Å². The van der Waals surface area contributed by atoms with E-state index >= 15 is 0 Å². The molecule has 0 spiro atoms. The Morgan fingerprint density at radius 3 is 2.62 bits per heavy atom. The van der Waals surface area contributed by atoms with Crippen molar-refractivity contribution in [1.29, 1.82) is 0 Å². The molecule has 2 rings (SSSR count). The number of amides is 2. The van der Waals surface area contributed by atoms with Gasteiger partial charge >= 0.3 is 0 Å². The Hall–Kier alpha value is -1.52. The molecule has 0 saturated carbocycles. The van der Waals surface area contributed by atoms with Crippen LogP contribution in [-0.2, 0) is 9.59 Å². The van der Waals surface area contributed by atoms with Crippen molar-refractivity contribution in [3.8, 4) is 0 Å². The number of carbonyl (C=O) groups is 2. The minimum Gasteiger partial charge on any atom is -0.363 e. The zero-order valence-corrected chi connectivity index (χ0v) is 7.17. The quantitative estimate of drug-likeness (QED) is 0.474. The van der Waals surface area contributed by atoms with Gasteiger partial charge in [-0.1, -0.05) is 0 Å². The van der Waals surface area contributed by atoms with E-state index in [-0.39, 0.29) is 11.8 Å². The van der Waals surface area contributed by atoms with E-state index in [9.17, 15) is 9.59 Å². The molecular weight excluding hydrogens is 170 g/mol. The fourth-order valence-corrected chi connectivity index (χ4v) is 1.54. The van der Waals surface area contributed by atoms with E-state index in [1.165, 1.54) is 6.08 Å². The maximum absolute atomic E-state index is 11.3. The fourth-order valence-electron chi connectivity index (χ4n) is 1.54. The van der Waals surface area contributed by atoms with Gasteiger partial charge in [0, 0.05) is 32.3 Å². The summed E-state index contributed by atoms with van der Waals surface area (Å²) in [5, 5.41) is 5.39. The lowest BCUT2D eigenvalue weighted by Gasteiger charge is -2.29. The average molecular weight is 181 g/mol. The van der Waals surface area contributed by atoms with Gasteiger partial charge in [0.15, 0.2) is 0 Å². The Kier molecular flexibility index (Phi) is 1.92. The second kappa shape index (κ2) is 3.08. The van der Waals surface area contributed by atoms with Crippen molar-refractivity contribution in [1.82, 2.24) is 15.5 Å². The Balaban J connectivity index is 2.27. The number of nitrogens with one attached hydrogen (secondary N) is 2. The van der Waals surface area contributed by atoms with Gasteiger partial charge in [-0.3, -0.25) is 9.59 Å². The Morgan fingerprint density at radius 2 is 1.85 bits per heavy atom. The van der Waals surface area contributed by atoms with Crippen LogP contribution in [0.5, 0.6) is 0 Å². The van der Waals surface area contributed by atoms with Crippen molar-refractivity contribution in [2.45, 2.75) is 0 Å². The van der Waals surface area contributed by atoms with Crippen molar-refractivity contribution >= 4 is 11.8 Å². The first-order chi connectivity index (χ1) is 6.27. The van der Waals surface area contributed by atoms with Crippen LogP contribution in [0.15, 0.2) is 11.8 Å². The highest BCUT2D eigenvalue weighted by atomic mass is 16.2. The van der Waals surface area contributed by atoms with Crippen LogP contribution in [0.2, 0.25) is 0 Å². The van der Waals surface area contributed by atoms with E-state index in [0.717, 1.165) is 6.54 Å². The van der Waals surface area contributed by atoms with Crippen LogP contribution in [0, 0.1) is 0 Å². The number of hydrogen-bond donors (Lipinski definition) is 2. The molecule has 5 nitrogen and oxygen atoms in total. The van der Waals surface area contributed by atoms with E-state index in [1.807, 2.05) is 4.90 Å². The van der Waals surface area contributed by atoms with Gasteiger partial charge in [-0.15, -0.1) is 0 Å². The summed E-state index contributed by atoms with van der Waals surface area (Å²) in [7, 11) is 0. The van der Waals surface area contributed by atoms with Crippen LogP contribution in [0.4, 0.5) is 0 Å². The molecule has 0 aromatic heterocycles. The molecule has 0 radical (unpaired) electrons. The molecule has 0 bridgehead atoms. The van der Waals surface area contributed by atoms with Crippen LogP contribution in [-0.4, -0.2) is 42.9 Å². The highest BCUT2D eigenvalue weighted by molar-refractivity contribution is 6.01. The summed E-state index contributed by atoms with van der Waals surface area (Å²) < 4.78 is 0. The average Bonchev–Trinajstić information content (AvgIpc) is 2.28. The molecule has 2 amide bonds. The maximum atomic E-state index is 11.3. The van der Waals surface area contributed by atoms with Gasteiger partial charge in [0.05, 0.1) is 0 Å². The van der Waals surface area contributed by atoms with Crippen LogP contribution < -0.4 is 10.6 Å². The van der Waals surface area contributed by atoms with Crippen molar-refractivity contribution in [3.05, 3.63) is 11.8 Å². The minimum atomic E-state index is -0.186. The number of piperazine rings is 1. The van der Waals surface area contributed by atoms with Gasteiger partial charge in [0.25, 0.3) is 5.91 Å². The van der Waals surface area contributed by atoms with Crippen molar-refractivity contribution in [2.24, 2.45) is 0 Å². The Bertz CT molecular complexity index is 285. The molecule has 0 aliphatic carbocycles. The number of carbonyl (C=O) groups excluding carboxylic acids is 2. The van der Waals surface area contributed by atoms with Crippen LogP contribution in [0.3, 0.4) is 0 Å². The minimum absolute atomic E-state index is 0.150. The highest BCUT2D eigenvalue weighted by Crippen LogP contribution is 2.09. The number of fused-ring (bicyclic) bond motifs is 1. The largest absolute Gasteiger partial charge is 0.363 e. The molecule has 70 valence electrons. The van der Waals surface area contributed by atoms with E-state index in [1.54, 1.807) is 0 Å². The molecule has 2 aliphatic rings. The summed E-state index contributed by atoms with van der Waals surface area (Å²) in [6.07, 6.45) is 1.36. The van der Waals surface area contributed by atoms with E-state index in [2.05, 4.69) is 10.6 Å². The lowest BCUT2D eigenvalue weighted by molar-refractivity contribution is -0.121. The molecule has 2 N–H and O–H groups in total. The van der Waals surface area contributed by atoms with Gasteiger partial charge in [0.1, 0.15) is 5.70 Å². The molecule has 1 fully saturated rings. The molecular formula is C8H11N3O2. The smallest absolute Gasteiger partial charge is 0.267 e. The van der Waals surface area contributed by atoms with Gasteiger partial charge in [-0.25, -0.2) is 0 Å². The second-order valence-electron chi connectivity index (χ2n) is 3.06. The first-order valence-corrected chi connectivity index (χ1v) is 4.30. The predicted molar refractivity (Wildman–Crippen MR) is 45.7 cm³/mol. The summed E-state index contributed by atoms with van der Waals surface area (Å²) in [4.78, 5) is 24.3. The fraction of sp³-hybridized carbons (Fsp3) is 0.500. The summed E-state index contributed by atoms with van der Waals surface area (Å²) in [6.45, 7) is 2.76. The third-order valence-corrected chi connectivity index (χ3v) is 2.19. The first-order valence-electron chi connectivity index (χ1n) is 4.30. The summed E-state index contributed by atoms with van der Waals surface area (Å²) in [6, 6.07) is 0. The van der Waals surface area contributed by atoms with Crippen molar-refractivity contribution in [2.75, 3.05) is 26.2 Å². The molecule has 0 aromatic carbocycles. The summed E-state index contributed by atoms with van der Waals surface area (Å²) in [5.41, 5.74) is 0.487. The van der Waals surface area contributed by atoms with Gasteiger partial charge < -0.3 is 15.5 Å². The van der Waals surface area contributed by atoms with E-state index in [4.69, 9.17) is 0 Å². The lowest BCUT2D eigenvalue weighted by Crippen LogP contribution is -2.46. The normalized spacial score (nSPS) is 22.5. The SMILES string of the molecule is O=C1C=C2C(=O)NCCN2CCN1. The lowest BCUT2D eigenvalue weighted by atomic mass is 10.2. The number of hydrogen-bond acceptors (Lipinski definition) is 3. The predicted octanol–water partition coefficient (Wildman–Crippen LogP) is -1.57. The zero-order chi connectivity index (χ0) is 9.26. The van der Waals surface area contributed by atoms with Crippen LogP contribution in [0.1, 0.15) is 0 Å². The highest BCUT2D eigenvalue weighted by Gasteiger charge is 2.24. The number of nitrogens with zero attached hydrogens (tertiary/aromatic N) is 1. The number of rotatable bonds is 0. The van der Waals surface area contributed by atoms with Gasteiger partial charge in [-0.2, -0.15) is 0 Å². The molecule has 2 heterocycles. The molecule has 13 heavy (non-hydrogen) atoms. The standard InChI is InChI=1S/C8H11N3O2/c12-7-5-6-8(13)10-2-4-11(6)3-1-9-7/h5H,1-4H2,(H,9,12)(H,10,13). The first kappa shape index (κ1) is 8.10. The van der Waals surface area contributed by atoms with Crippen molar-refractivity contribution in [3.63, 3.8) is 0 Å². The molecule has 1 saturated heterocycles. The third kappa shape index (κ3) is 1.49. The molecule has 0 atom stereocenters. The summed E-state index contributed by atoms with van der Waals surface area (Å²) >= 11 is 0.